The second kappa shape index (κ2) is 8.10. The van der Waals surface area contributed by atoms with Gasteiger partial charge < -0.3 is 0 Å². The lowest BCUT2D eigenvalue weighted by molar-refractivity contribution is 0.573. The van der Waals surface area contributed by atoms with E-state index in [1.807, 2.05) is 6.08 Å². The van der Waals surface area contributed by atoms with Crippen molar-refractivity contribution < 1.29 is 0 Å². The minimum absolute atomic E-state index is 0.742. The minimum atomic E-state index is 0.742. The third-order valence-corrected chi connectivity index (χ3v) is 2.30. The first-order chi connectivity index (χ1) is 6.20. The van der Waals surface area contributed by atoms with Gasteiger partial charge in [0.05, 0.1) is 0 Å². The monoisotopic (exact) mass is 180 g/mol. The quantitative estimate of drug-likeness (QED) is 0.392. The normalized spacial score (nSPS) is 14.2. The van der Waals surface area contributed by atoms with E-state index in [4.69, 9.17) is 0 Å². The summed E-state index contributed by atoms with van der Waals surface area (Å²) in [6.07, 6.45) is 10.8. The summed E-state index contributed by atoms with van der Waals surface area (Å²) >= 11 is 0. The first-order valence-corrected chi connectivity index (χ1v) is 5.48. The summed E-state index contributed by atoms with van der Waals surface area (Å²) < 4.78 is 0. The van der Waals surface area contributed by atoms with E-state index in [9.17, 15) is 0 Å². The molecule has 0 N–H and O–H groups in total. The lowest BCUT2D eigenvalue weighted by Crippen LogP contribution is -1.91. The van der Waals surface area contributed by atoms with E-state index in [0.29, 0.717) is 0 Å². The fourth-order valence-corrected chi connectivity index (χ4v) is 1.58. The van der Waals surface area contributed by atoms with Crippen molar-refractivity contribution >= 4 is 0 Å². The van der Waals surface area contributed by atoms with Gasteiger partial charge in [-0.3, -0.25) is 0 Å². The molecule has 0 rings (SSSR count). The van der Waals surface area contributed by atoms with Crippen molar-refractivity contribution in [3.8, 4) is 0 Å². The molecule has 0 fully saturated rings. The average molecular weight is 180 g/mol. The van der Waals surface area contributed by atoms with Gasteiger partial charge in [-0.15, -0.1) is 6.58 Å². The Hall–Kier alpha value is -0.520. The summed E-state index contributed by atoms with van der Waals surface area (Å²) in [5.41, 5.74) is 1.46. The van der Waals surface area contributed by atoms with Crippen molar-refractivity contribution in [3.63, 3.8) is 0 Å². The van der Waals surface area contributed by atoms with Crippen LogP contribution in [0.2, 0.25) is 0 Å². The van der Waals surface area contributed by atoms with E-state index in [1.165, 1.54) is 31.3 Å². The highest BCUT2D eigenvalue weighted by molar-refractivity contribution is 5.04. The molecule has 1 atom stereocenters. The Balaban J connectivity index is 3.63. The van der Waals surface area contributed by atoms with Gasteiger partial charge in [-0.2, -0.15) is 0 Å². The third kappa shape index (κ3) is 7.83. The summed E-state index contributed by atoms with van der Waals surface area (Å²) in [6, 6.07) is 0. The van der Waals surface area contributed by atoms with Crippen LogP contribution in [0.5, 0.6) is 0 Å². The Morgan fingerprint density at radius 2 is 2.08 bits per heavy atom. The number of unbranched alkanes of at least 4 members (excludes halogenated alkanes) is 2. The number of hydrogen-bond acceptors (Lipinski definition) is 0. The number of hydrogen-bond donors (Lipinski definition) is 0. The second-order valence-electron chi connectivity index (χ2n) is 3.98. The molecule has 0 aliphatic heterocycles. The molecule has 0 spiro atoms. The van der Waals surface area contributed by atoms with Crippen LogP contribution in [0.25, 0.3) is 0 Å². The maximum absolute atomic E-state index is 3.74. The van der Waals surface area contributed by atoms with Crippen LogP contribution in [0.4, 0.5) is 0 Å². The molecule has 0 aromatic heterocycles. The molecule has 0 radical (unpaired) electrons. The molecule has 0 heteroatoms. The van der Waals surface area contributed by atoms with Crippen LogP contribution in [0.15, 0.2) is 24.3 Å². The van der Waals surface area contributed by atoms with Gasteiger partial charge in [-0.05, 0) is 25.7 Å². The van der Waals surface area contributed by atoms with E-state index in [0.717, 1.165) is 12.3 Å². The largest absolute Gasteiger partial charge is 0.103 e. The smallest absolute Gasteiger partial charge is 0.0144 e. The Labute approximate surface area is 83.7 Å². The van der Waals surface area contributed by atoms with Crippen molar-refractivity contribution in [1.29, 1.82) is 0 Å². The Morgan fingerprint density at radius 1 is 1.38 bits per heavy atom. The van der Waals surface area contributed by atoms with E-state index in [-0.39, 0.29) is 0 Å². The van der Waals surface area contributed by atoms with Crippen molar-refractivity contribution in [2.45, 2.75) is 52.9 Å². The summed E-state index contributed by atoms with van der Waals surface area (Å²) in [5, 5.41) is 0. The van der Waals surface area contributed by atoms with Crippen molar-refractivity contribution in [2.75, 3.05) is 0 Å². The van der Waals surface area contributed by atoms with Gasteiger partial charge in [0.2, 0.25) is 0 Å². The molecule has 0 heterocycles. The standard InChI is InChI=1S/C13H24/c1-5-7-8-10-13(4)11-12(3)9-6-2/h6,11,13H,2,5,7-10H2,1,3-4H3. The average Bonchev–Trinajstić information content (AvgIpc) is 2.05. The van der Waals surface area contributed by atoms with Crippen LogP contribution in [0, 0.1) is 5.92 Å². The molecule has 0 aromatic rings. The van der Waals surface area contributed by atoms with E-state index < -0.39 is 0 Å². The van der Waals surface area contributed by atoms with Gasteiger partial charge in [-0.25, -0.2) is 0 Å². The van der Waals surface area contributed by atoms with Gasteiger partial charge in [0.25, 0.3) is 0 Å². The summed E-state index contributed by atoms with van der Waals surface area (Å²) in [4.78, 5) is 0. The SMILES string of the molecule is C=CCC(C)=CC(C)CCCCC. The van der Waals surface area contributed by atoms with Crippen LogP contribution in [-0.2, 0) is 0 Å². The molecule has 0 aromatic carbocycles. The molecule has 0 aliphatic rings. The zero-order chi connectivity index (χ0) is 10.1. The molecular weight excluding hydrogens is 156 g/mol. The molecule has 13 heavy (non-hydrogen) atoms. The Morgan fingerprint density at radius 3 is 2.62 bits per heavy atom. The Kier molecular flexibility index (Phi) is 7.77. The molecular formula is C13H24. The van der Waals surface area contributed by atoms with Gasteiger partial charge in [0.1, 0.15) is 0 Å². The van der Waals surface area contributed by atoms with Crippen LogP contribution < -0.4 is 0 Å². The van der Waals surface area contributed by atoms with Crippen LogP contribution >= 0.6 is 0 Å². The van der Waals surface area contributed by atoms with E-state index in [2.05, 4.69) is 33.4 Å². The van der Waals surface area contributed by atoms with Crippen molar-refractivity contribution in [2.24, 2.45) is 5.92 Å². The van der Waals surface area contributed by atoms with E-state index >= 15 is 0 Å². The third-order valence-electron chi connectivity index (χ3n) is 2.30. The zero-order valence-electron chi connectivity index (χ0n) is 9.47. The lowest BCUT2D eigenvalue weighted by Gasteiger charge is -2.06. The van der Waals surface area contributed by atoms with Crippen LogP contribution in [0.1, 0.15) is 52.9 Å². The number of allylic oxidation sites excluding steroid dienone is 3. The van der Waals surface area contributed by atoms with Crippen molar-refractivity contribution in [1.82, 2.24) is 0 Å². The summed E-state index contributed by atoms with van der Waals surface area (Å²) in [6.45, 7) is 10.5. The molecule has 0 nitrogen and oxygen atoms in total. The lowest BCUT2D eigenvalue weighted by atomic mass is 10.00. The highest BCUT2D eigenvalue weighted by atomic mass is 14.0. The summed E-state index contributed by atoms with van der Waals surface area (Å²) in [7, 11) is 0. The fourth-order valence-electron chi connectivity index (χ4n) is 1.58. The maximum Gasteiger partial charge on any atom is -0.0144 e. The molecule has 0 saturated carbocycles. The van der Waals surface area contributed by atoms with Gasteiger partial charge in [0, 0.05) is 0 Å². The molecule has 0 saturated heterocycles. The van der Waals surface area contributed by atoms with Crippen LogP contribution in [-0.4, -0.2) is 0 Å². The molecule has 0 aliphatic carbocycles. The van der Waals surface area contributed by atoms with E-state index in [1.54, 1.807) is 0 Å². The number of rotatable bonds is 7. The second-order valence-corrected chi connectivity index (χ2v) is 3.98. The highest BCUT2D eigenvalue weighted by Gasteiger charge is 1.97. The predicted molar refractivity (Wildman–Crippen MR) is 61.9 cm³/mol. The molecule has 0 bridgehead atoms. The zero-order valence-corrected chi connectivity index (χ0v) is 9.47. The van der Waals surface area contributed by atoms with Crippen LogP contribution in [0.3, 0.4) is 0 Å². The molecule has 0 amide bonds. The minimum Gasteiger partial charge on any atom is -0.103 e. The fraction of sp³-hybridized carbons (Fsp3) is 0.692. The highest BCUT2D eigenvalue weighted by Crippen LogP contribution is 2.14. The predicted octanol–water partition coefficient (Wildman–Crippen LogP) is 4.73. The maximum atomic E-state index is 3.74. The van der Waals surface area contributed by atoms with Gasteiger partial charge in [0.15, 0.2) is 0 Å². The topological polar surface area (TPSA) is 0 Å². The van der Waals surface area contributed by atoms with Gasteiger partial charge in [-0.1, -0.05) is 50.8 Å². The van der Waals surface area contributed by atoms with Crippen molar-refractivity contribution in [3.05, 3.63) is 24.3 Å². The summed E-state index contributed by atoms with van der Waals surface area (Å²) in [5.74, 6) is 0.742. The Bertz CT molecular complexity index is 153. The molecule has 76 valence electrons. The molecule has 1 unspecified atom stereocenters. The van der Waals surface area contributed by atoms with Gasteiger partial charge >= 0.3 is 0 Å². The first kappa shape index (κ1) is 12.5. The first-order valence-electron chi connectivity index (χ1n) is 5.48.